The van der Waals surface area contributed by atoms with E-state index in [-0.39, 0.29) is 29.4 Å². The number of Topliss-reactive ketones (excluding diaryl/α,β-unsaturated/α-hetero) is 1. The zero-order valence-corrected chi connectivity index (χ0v) is 22.5. The highest BCUT2D eigenvalue weighted by Gasteiger charge is 2.67. The van der Waals surface area contributed by atoms with Gasteiger partial charge >= 0.3 is 5.97 Å². The second kappa shape index (κ2) is 8.96. The second-order valence-electron chi connectivity index (χ2n) is 12.3. The Morgan fingerprint density at radius 1 is 1.00 bits per heavy atom. The quantitative estimate of drug-likeness (QED) is 0.468. The van der Waals surface area contributed by atoms with Crippen LogP contribution in [-0.4, -0.2) is 36.2 Å². The summed E-state index contributed by atoms with van der Waals surface area (Å²) < 4.78 is 6.04. The van der Waals surface area contributed by atoms with Crippen molar-refractivity contribution in [1.82, 2.24) is 0 Å². The number of esters is 1. The van der Waals surface area contributed by atoms with Crippen molar-refractivity contribution in [2.75, 3.05) is 18.0 Å². The van der Waals surface area contributed by atoms with Crippen molar-refractivity contribution in [1.29, 1.82) is 0 Å². The third-order valence-corrected chi connectivity index (χ3v) is 10.5. The van der Waals surface area contributed by atoms with Crippen molar-refractivity contribution in [2.45, 2.75) is 90.1 Å². The molecule has 0 N–H and O–H groups in total. The van der Waals surface area contributed by atoms with E-state index in [4.69, 9.17) is 4.74 Å². The van der Waals surface area contributed by atoms with Crippen LogP contribution < -0.4 is 4.90 Å². The molecule has 5 aliphatic rings. The van der Waals surface area contributed by atoms with E-state index >= 15 is 0 Å². The smallest absolute Gasteiger partial charge is 0.303 e. The number of rotatable bonds is 4. The second-order valence-corrected chi connectivity index (χ2v) is 12.3. The fourth-order valence-corrected chi connectivity index (χ4v) is 8.90. The van der Waals surface area contributed by atoms with Crippen molar-refractivity contribution in [3.05, 3.63) is 52.6 Å². The molecule has 4 unspecified atom stereocenters. The van der Waals surface area contributed by atoms with Crippen molar-refractivity contribution in [3.8, 4) is 0 Å². The standard InChI is InChI=1S/C32H39NO4/c1-20(34)32(37-21(2)35)15-14-29-27-12-8-23-18-25(36)11-13-26(23)30(27)28(19-31(29,32)3)22-6-9-24(10-7-22)33-16-4-5-17-33/h6-7,9-10,18,27-29H,4-5,8,11-17,19H2,1-3H3/t27?,28?,29?,31-,32?/m0/s1. The van der Waals surface area contributed by atoms with Gasteiger partial charge < -0.3 is 9.64 Å². The highest BCUT2D eigenvalue weighted by Crippen LogP contribution is 2.67. The number of nitrogens with zero attached hydrogens (tertiary/aromatic N) is 1. The largest absolute Gasteiger partial charge is 0.451 e. The van der Waals surface area contributed by atoms with Crippen LogP contribution in [0.25, 0.3) is 0 Å². The van der Waals surface area contributed by atoms with E-state index in [2.05, 4.69) is 36.1 Å². The molecular weight excluding hydrogens is 462 g/mol. The van der Waals surface area contributed by atoms with Gasteiger partial charge in [-0.2, -0.15) is 0 Å². The van der Waals surface area contributed by atoms with Crippen molar-refractivity contribution in [2.24, 2.45) is 17.3 Å². The Balaban J connectivity index is 1.48. The first kappa shape index (κ1) is 24.6. The fraction of sp³-hybridized carbons (Fsp3) is 0.594. The monoisotopic (exact) mass is 501 g/mol. The molecule has 0 spiro atoms. The molecule has 0 bridgehead atoms. The Kier molecular flexibility index (Phi) is 5.96. The van der Waals surface area contributed by atoms with Crippen LogP contribution in [0.1, 0.15) is 90.0 Å². The molecule has 5 heteroatoms. The SMILES string of the molecule is CC(=O)OC1(C(C)=O)CCC2C3CCC4=CC(=O)CCC4=C3C(c3ccc(N4CCCC4)cc3)C[C@@]21C. The van der Waals surface area contributed by atoms with Gasteiger partial charge in [-0.05, 0) is 105 Å². The van der Waals surface area contributed by atoms with Crippen LogP contribution in [0.3, 0.4) is 0 Å². The fourth-order valence-electron chi connectivity index (χ4n) is 8.90. The number of hydrogen-bond donors (Lipinski definition) is 0. The van der Waals surface area contributed by atoms with E-state index in [9.17, 15) is 14.4 Å². The maximum absolute atomic E-state index is 13.3. The third kappa shape index (κ3) is 3.75. The molecular formula is C32H39NO4. The van der Waals surface area contributed by atoms with E-state index in [1.807, 2.05) is 6.08 Å². The Labute approximate surface area is 220 Å². The maximum atomic E-state index is 13.3. The lowest BCUT2D eigenvalue weighted by atomic mass is 9.50. The molecule has 5 nitrogen and oxygen atoms in total. The Morgan fingerprint density at radius 3 is 2.41 bits per heavy atom. The molecule has 1 heterocycles. The minimum Gasteiger partial charge on any atom is -0.451 e. The van der Waals surface area contributed by atoms with Crippen LogP contribution in [0.5, 0.6) is 0 Å². The van der Waals surface area contributed by atoms with Gasteiger partial charge in [-0.1, -0.05) is 24.6 Å². The van der Waals surface area contributed by atoms with Crippen LogP contribution in [0.4, 0.5) is 5.69 Å². The molecule has 5 atom stereocenters. The predicted octanol–water partition coefficient (Wildman–Crippen LogP) is 6.08. The first-order chi connectivity index (χ1) is 17.7. The number of ketones is 2. The molecule has 3 fully saturated rings. The number of benzene rings is 1. The molecule has 0 amide bonds. The van der Waals surface area contributed by atoms with E-state index in [1.165, 1.54) is 47.7 Å². The Morgan fingerprint density at radius 2 is 1.73 bits per heavy atom. The number of fused-ring (bicyclic) bond motifs is 4. The number of carbonyl (C=O) groups excluding carboxylic acids is 3. The van der Waals surface area contributed by atoms with Crippen LogP contribution in [0, 0.1) is 17.3 Å². The molecule has 1 aromatic rings. The number of hydrogen-bond acceptors (Lipinski definition) is 5. The predicted molar refractivity (Wildman–Crippen MR) is 143 cm³/mol. The van der Waals surface area contributed by atoms with E-state index in [1.54, 1.807) is 6.92 Å². The van der Waals surface area contributed by atoms with Gasteiger partial charge in [0.25, 0.3) is 0 Å². The Bertz CT molecular complexity index is 1200. The first-order valence-corrected chi connectivity index (χ1v) is 14.3. The van der Waals surface area contributed by atoms with Crippen LogP contribution >= 0.6 is 0 Å². The summed E-state index contributed by atoms with van der Waals surface area (Å²) in [4.78, 5) is 40.4. The van der Waals surface area contributed by atoms with Gasteiger partial charge in [0.1, 0.15) is 0 Å². The molecule has 1 aliphatic heterocycles. The summed E-state index contributed by atoms with van der Waals surface area (Å²) in [7, 11) is 0. The van der Waals surface area contributed by atoms with Gasteiger partial charge in [0, 0.05) is 43.5 Å². The van der Waals surface area contributed by atoms with E-state index < -0.39 is 11.0 Å². The van der Waals surface area contributed by atoms with Gasteiger partial charge in [-0.3, -0.25) is 14.4 Å². The van der Waals surface area contributed by atoms with Crippen molar-refractivity contribution < 1.29 is 19.1 Å². The van der Waals surface area contributed by atoms with E-state index in [0.29, 0.717) is 18.8 Å². The van der Waals surface area contributed by atoms with Gasteiger partial charge in [-0.25, -0.2) is 0 Å². The van der Waals surface area contributed by atoms with Crippen molar-refractivity contribution in [3.63, 3.8) is 0 Å². The molecule has 1 aromatic carbocycles. The zero-order chi connectivity index (χ0) is 25.9. The Hall–Kier alpha value is -2.69. The minimum atomic E-state index is -1.06. The average molecular weight is 502 g/mol. The molecule has 37 heavy (non-hydrogen) atoms. The third-order valence-electron chi connectivity index (χ3n) is 10.5. The highest BCUT2D eigenvalue weighted by atomic mass is 16.6. The zero-order valence-electron chi connectivity index (χ0n) is 22.5. The van der Waals surface area contributed by atoms with Gasteiger partial charge in [0.05, 0.1) is 0 Å². The average Bonchev–Trinajstić information content (AvgIpc) is 3.50. The molecule has 2 saturated carbocycles. The lowest BCUT2D eigenvalue weighted by Crippen LogP contribution is -2.57. The molecule has 0 radical (unpaired) electrons. The minimum absolute atomic E-state index is 0.0217. The van der Waals surface area contributed by atoms with Gasteiger partial charge in [0.15, 0.2) is 17.2 Å². The van der Waals surface area contributed by atoms with Crippen molar-refractivity contribution >= 4 is 23.2 Å². The van der Waals surface area contributed by atoms with Crippen LogP contribution in [0.15, 0.2) is 47.1 Å². The molecule has 196 valence electrons. The van der Waals surface area contributed by atoms with Crippen LogP contribution in [-0.2, 0) is 19.1 Å². The summed E-state index contributed by atoms with van der Waals surface area (Å²) in [5.74, 6) is 0.644. The lowest BCUT2D eigenvalue weighted by molar-refractivity contribution is -0.182. The number of carbonyl (C=O) groups is 3. The number of anilines is 1. The van der Waals surface area contributed by atoms with Gasteiger partial charge in [0.2, 0.25) is 0 Å². The van der Waals surface area contributed by atoms with E-state index in [0.717, 1.165) is 45.2 Å². The van der Waals surface area contributed by atoms with Gasteiger partial charge in [-0.15, -0.1) is 0 Å². The highest BCUT2D eigenvalue weighted by molar-refractivity contribution is 5.93. The number of allylic oxidation sites excluding steroid dienone is 4. The summed E-state index contributed by atoms with van der Waals surface area (Å²) in [6.45, 7) is 7.50. The number of ether oxygens (including phenoxy) is 1. The normalized spacial score (nSPS) is 35.0. The molecule has 4 aliphatic carbocycles. The summed E-state index contributed by atoms with van der Waals surface area (Å²) in [5.41, 5.74) is 5.21. The maximum Gasteiger partial charge on any atom is 0.303 e. The van der Waals surface area contributed by atoms with Crippen LogP contribution in [0.2, 0.25) is 0 Å². The topological polar surface area (TPSA) is 63.7 Å². The lowest BCUT2D eigenvalue weighted by Gasteiger charge is -2.55. The summed E-state index contributed by atoms with van der Waals surface area (Å²) in [6.07, 6.45) is 10.00. The first-order valence-electron chi connectivity index (χ1n) is 14.3. The summed E-state index contributed by atoms with van der Waals surface area (Å²) in [5, 5.41) is 0. The molecule has 6 rings (SSSR count). The summed E-state index contributed by atoms with van der Waals surface area (Å²) in [6, 6.07) is 9.10. The molecule has 0 aromatic heterocycles. The molecule has 1 saturated heterocycles. The summed E-state index contributed by atoms with van der Waals surface area (Å²) >= 11 is 0.